The molecule has 0 atom stereocenters. The van der Waals surface area contributed by atoms with Gasteiger partial charge in [0, 0.05) is 19.4 Å². The number of ether oxygens (including phenoxy) is 1. The van der Waals surface area contributed by atoms with Crippen LogP contribution in [0.5, 0.6) is 0 Å². The second-order valence-corrected chi connectivity index (χ2v) is 3.29. The summed E-state index contributed by atoms with van der Waals surface area (Å²) in [6.07, 6.45) is 5.53. The Labute approximate surface area is 78.7 Å². The lowest BCUT2D eigenvalue weighted by atomic mass is 10.1. The lowest BCUT2D eigenvalue weighted by Crippen LogP contribution is -2.08. The standard InChI is InChI=1S/C10H15NO2/c1-8-4-5-9(10(12)13-3)7-11(2)6-8/h6-7H,4-5H2,1-3H3. The number of methoxy groups -OCH3 is 1. The molecule has 3 heteroatoms. The van der Waals surface area contributed by atoms with Crippen molar-refractivity contribution in [1.82, 2.24) is 4.90 Å². The summed E-state index contributed by atoms with van der Waals surface area (Å²) in [6.45, 7) is 2.06. The zero-order chi connectivity index (χ0) is 9.84. The van der Waals surface area contributed by atoms with Gasteiger partial charge in [-0.25, -0.2) is 4.79 Å². The molecule has 3 nitrogen and oxygen atoms in total. The van der Waals surface area contributed by atoms with Gasteiger partial charge in [-0.2, -0.15) is 0 Å². The lowest BCUT2D eigenvalue weighted by molar-refractivity contribution is -0.136. The maximum atomic E-state index is 11.2. The van der Waals surface area contributed by atoms with E-state index in [1.54, 1.807) is 0 Å². The van der Waals surface area contributed by atoms with E-state index in [1.807, 2.05) is 24.3 Å². The van der Waals surface area contributed by atoms with E-state index in [2.05, 4.69) is 11.7 Å². The minimum atomic E-state index is -0.227. The van der Waals surface area contributed by atoms with Crippen LogP contribution in [0.3, 0.4) is 0 Å². The first-order valence-corrected chi connectivity index (χ1v) is 4.31. The summed E-state index contributed by atoms with van der Waals surface area (Å²) in [5.74, 6) is -0.227. The molecule has 0 N–H and O–H groups in total. The minimum absolute atomic E-state index is 0.227. The molecule has 0 aromatic carbocycles. The van der Waals surface area contributed by atoms with Crippen LogP contribution in [0.1, 0.15) is 19.8 Å². The predicted octanol–water partition coefficient (Wildman–Crippen LogP) is 1.67. The van der Waals surface area contributed by atoms with Gasteiger partial charge in [-0.05, 0) is 19.8 Å². The molecule has 0 aromatic heterocycles. The van der Waals surface area contributed by atoms with Crippen molar-refractivity contribution in [3.63, 3.8) is 0 Å². The first kappa shape index (κ1) is 9.84. The Hall–Kier alpha value is -1.25. The Morgan fingerprint density at radius 3 is 2.77 bits per heavy atom. The summed E-state index contributed by atoms with van der Waals surface area (Å²) in [5, 5.41) is 0. The van der Waals surface area contributed by atoms with Crippen LogP contribution in [-0.2, 0) is 9.53 Å². The topological polar surface area (TPSA) is 29.5 Å². The predicted molar refractivity (Wildman–Crippen MR) is 50.9 cm³/mol. The molecule has 0 fully saturated rings. The van der Waals surface area contributed by atoms with Gasteiger partial charge in [0.15, 0.2) is 0 Å². The maximum absolute atomic E-state index is 11.2. The molecule has 0 radical (unpaired) electrons. The zero-order valence-corrected chi connectivity index (χ0v) is 8.33. The molecule has 1 rings (SSSR count). The van der Waals surface area contributed by atoms with Gasteiger partial charge in [0.1, 0.15) is 0 Å². The van der Waals surface area contributed by atoms with Crippen LogP contribution >= 0.6 is 0 Å². The van der Waals surface area contributed by atoms with Crippen LogP contribution in [0, 0.1) is 0 Å². The van der Waals surface area contributed by atoms with Gasteiger partial charge in [0.2, 0.25) is 0 Å². The van der Waals surface area contributed by atoms with Gasteiger partial charge in [-0.15, -0.1) is 0 Å². The largest absolute Gasteiger partial charge is 0.466 e. The molecular formula is C10H15NO2. The molecule has 0 aromatic rings. The fraction of sp³-hybridized carbons (Fsp3) is 0.500. The van der Waals surface area contributed by atoms with E-state index < -0.39 is 0 Å². The van der Waals surface area contributed by atoms with E-state index in [9.17, 15) is 4.79 Å². The summed E-state index contributed by atoms with van der Waals surface area (Å²) in [6, 6.07) is 0. The molecule has 1 heterocycles. The van der Waals surface area contributed by atoms with E-state index >= 15 is 0 Å². The number of nitrogens with zero attached hydrogens (tertiary/aromatic N) is 1. The van der Waals surface area contributed by atoms with Crippen LogP contribution in [0.15, 0.2) is 23.5 Å². The number of rotatable bonds is 1. The van der Waals surface area contributed by atoms with Gasteiger partial charge in [-0.1, -0.05) is 5.57 Å². The summed E-state index contributed by atoms with van der Waals surface area (Å²) in [7, 11) is 3.33. The van der Waals surface area contributed by atoms with Crippen molar-refractivity contribution in [3.05, 3.63) is 23.5 Å². The smallest absolute Gasteiger partial charge is 0.335 e. The van der Waals surface area contributed by atoms with Crippen molar-refractivity contribution in [2.45, 2.75) is 19.8 Å². The SMILES string of the molecule is COC(=O)C1=CN(C)C=C(C)CC1. The van der Waals surface area contributed by atoms with E-state index in [4.69, 9.17) is 0 Å². The van der Waals surface area contributed by atoms with Gasteiger partial charge in [0.25, 0.3) is 0 Å². The number of carbonyl (C=O) groups is 1. The minimum Gasteiger partial charge on any atom is -0.466 e. The summed E-state index contributed by atoms with van der Waals surface area (Å²) in [5.41, 5.74) is 2.01. The third-order valence-corrected chi connectivity index (χ3v) is 2.02. The lowest BCUT2D eigenvalue weighted by Gasteiger charge is -2.07. The Balaban J connectivity index is 2.76. The highest BCUT2D eigenvalue weighted by Crippen LogP contribution is 2.17. The first-order chi connectivity index (χ1) is 6.13. The Bertz CT molecular complexity index is 266. The molecule has 0 amide bonds. The maximum Gasteiger partial charge on any atom is 0.335 e. The van der Waals surface area contributed by atoms with Crippen LogP contribution in [-0.4, -0.2) is 25.0 Å². The number of esters is 1. The van der Waals surface area contributed by atoms with Gasteiger partial charge in [-0.3, -0.25) is 0 Å². The number of carbonyl (C=O) groups excluding carboxylic acids is 1. The molecule has 0 saturated carbocycles. The third kappa shape index (κ3) is 2.61. The average molecular weight is 181 g/mol. The summed E-state index contributed by atoms with van der Waals surface area (Å²) >= 11 is 0. The fourth-order valence-electron chi connectivity index (χ4n) is 1.38. The molecule has 0 saturated heterocycles. The second-order valence-electron chi connectivity index (χ2n) is 3.29. The second kappa shape index (κ2) is 4.12. The number of hydrogen-bond donors (Lipinski definition) is 0. The van der Waals surface area contributed by atoms with Crippen molar-refractivity contribution in [3.8, 4) is 0 Å². The Kier molecular flexibility index (Phi) is 3.12. The third-order valence-electron chi connectivity index (χ3n) is 2.02. The van der Waals surface area contributed by atoms with Gasteiger partial charge < -0.3 is 9.64 Å². The van der Waals surface area contributed by atoms with Crippen LogP contribution < -0.4 is 0 Å². The number of allylic oxidation sites excluding steroid dienone is 1. The van der Waals surface area contributed by atoms with Gasteiger partial charge >= 0.3 is 5.97 Å². The molecule has 0 unspecified atom stereocenters. The van der Waals surface area contributed by atoms with Crippen molar-refractivity contribution >= 4 is 5.97 Å². The molecule has 1 aliphatic rings. The fourth-order valence-corrected chi connectivity index (χ4v) is 1.38. The first-order valence-electron chi connectivity index (χ1n) is 4.31. The molecule has 0 bridgehead atoms. The van der Waals surface area contributed by atoms with Crippen LogP contribution in [0.4, 0.5) is 0 Å². The highest BCUT2D eigenvalue weighted by atomic mass is 16.5. The van der Waals surface area contributed by atoms with Gasteiger partial charge in [0.05, 0.1) is 12.7 Å². The summed E-state index contributed by atoms with van der Waals surface area (Å²) in [4.78, 5) is 13.1. The normalized spacial score (nSPS) is 17.3. The Morgan fingerprint density at radius 2 is 2.15 bits per heavy atom. The van der Waals surface area contributed by atoms with Crippen molar-refractivity contribution < 1.29 is 9.53 Å². The molecule has 13 heavy (non-hydrogen) atoms. The van der Waals surface area contributed by atoms with E-state index in [-0.39, 0.29) is 5.97 Å². The van der Waals surface area contributed by atoms with Crippen molar-refractivity contribution in [1.29, 1.82) is 0 Å². The molecule has 0 aliphatic carbocycles. The molecular weight excluding hydrogens is 166 g/mol. The Morgan fingerprint density at radius 1 is 1.46 bits per heavy atom. The van der Waals surface area contributed by atoms with Crippen LogP contribution in [0.2, 0.25) is 0 Å². The van der Waals surface area contributed by atoms with Crippen LogP contribution in [0.25, 0.3) is 0 Å². The quantitative estimate of drug-likeness (QED) is 0.576. The molecule has 0 spiro atoms. The highest BCUT2D eigenvalue weighted by molar-refractivity contribution is 5.88. The van der Waals surface area contributed by atoms with Crippen molar-refractivity contribution in [2.24, 2.45) is 0 Å². The monoisotopic (exact) mass is 181 g/mol. The number of hydrogen-bond acceptors (Lipinski definition) is 3. The van der Waals surface area contributed by atoms with Crippen molar-refractivity contribution in [2.75, 3.05) is 14.2 Å². The van der Waals surface area contributed by atoms with E-state index in [1.165, 1.54) is 12.7 Å². The highest BCUT2D eigenvalue weighted by Gasteiger charge is 2.12. The average Bonchev–Trinajstić information content (AvgIpc) is 2.25. The molecule has 72 valence electrons. The summed E-state index contributed by atoms with van der Waals surface area (Å²) < 4.78 is 4.67. The van der Waals surface area contributed by atoms with E-state index in [0.29, 0.717) is 0 Å². The molecule has 1 aliphatic heterocycles. The zero-order valence-electron chi connectivity index (χ0n) is 8.33. The van der Waals surface area contributed by atoms with E-state index in [0.717, 1.165) is 18.4 Å².